The summed E-state index contributed by atoms with van der Waals surface area (Å²) in [7, 11) is 0. The lowest BCUT2D eigenvalue weighted by molar-refractivity contribution is -0.119. The van der Waals surface area contributed by atoms with Crippen molar-refractivity contribution in [2.24, 2.45) is 0 Å². The Morgan fingerprint density at radius 1 is 1.21 bits per heavy atom. The molecule has 3 N–H and O–H groups in total. The number of carbonyl (C=O) groups excluding carboxylic acids is 1. The van der Waals surface area contributed by atoms with Gasteiger partial charge in [0.05, 0.1) is 5.75 Å². The van der Waals surface area contributed by atoms with E-state index in [0.29, 0.717) is 10.3 Å². The number of thiocarbonyl (C=S) groups is 1. The molecule has 2 aromatic rings. The summed E-state index contributed by atoms with van der Waals surface area (Å²) < 4.78 is 0. The molecular weight excluding hydrogens is 362 g/mol. The fraction of sp³-hybridized carbons (Fsp3) is 0.200. The van der Waals surface area contributed by atoms with Crippen LogP contribution in [0, 0.1) is 6.92 Å². The Balaban J connectivity index is 1.75. The second kappa shape index (κ2) is 9.45. The van der Waals surface area contributed by atoms with Crippen molar-refractivity contribution in [1.82, 2.24) is 20.8 Å². The van der Waals surface area contributed by atoms with Crippen LogP contribution in [0.1, 0.15) is 5.69 Å². The van der Waals surface area contributed by atoms with Gasteiger partial charge in [-0.15, -0.1) is 0 Å². The van der Waals surface area contributed by atoms with Gasteiger partial charge in [0.15, 0.2) is 10.3 Å². The molecule has 1 heterocycles. The minimum absolute atomic E-state index is 0.195. The van der Waals surface area contributed by atoms with E-state index in [0.717, 1.165) is 16.4 Å². The van der Waals surface area contributed by atoms with Crippen molar-refractivity contribution in [2.45, 2.75) is 17.1 Å². The van der Waals surface area contributed by atoms with Crippen molar-refractivity contribution < 1.29 is 4.79 Å². The minimum Gasteiger partial charge on any atom is -0.331 e. The van der Waals surface area contributed by atoms with Crippen LogP contribution in [0.4, 0.5) is 5.69 Å². The first-order valence-corrected chi connectivity index (χ1v) is 9.62. The molecule has 1 aromatic heterocycles. The van der Waals surface area contributed by atoms with E-state index < -0.39 is 0 Å². The van der Waals surface area contributed by atoms with Crippen LogP contribution in [0.2, 0.25) is 0 Å². The lowest BCUT2D eigenvalue weighted by Gasteiger charge is -2.11. The number of thioether (sulfide) groups is 2. The van der Waals surface area contributed by atoms with Crippen LogP contribution in [-0.2, 0) is 4.79 Å². The quantitative estimate of drug-likeness (QED) is 0.241. The summed E-state index contributed by atoms with van der Waals surface area (Å²) in [6.07, 6.45) is 1.92. The van der Waals surface area contributed by atoms with Gasteiger partial charge >= 0.3 is 0 Å². The van der Waals surface area contributed by atoms with Gasteiger partial charge in [-0.2, -0.15) is 0 Å². The number of hydrogen-bond donors (Lipinski definition) is 3. The molecule has 126 valence electrons. The van der Waals surface area contributed by atoms with Crippen LogP contribution in [0.5, 0.6) is 0 Å². The number of hydrazine groups is 1. The number of anilines is 1. The fourth-order valence-electron chi connectivity index (χ4n) is 1.66. The van der Waals surface area contributed by atoms with Gasteiger partial charge in [0.25, 0.3) is 0 Å². The molecule has 0 aliphatic carbocycles. The topological polar surface area (TPSA) is 78.9 Å². The van der Waals surface area contributed by atoms with Crippen LogP contribution >= 0.6 is 35.7 Å². The molecule has 9 heteroatoms. The largest absolute Gasteiger partial charge is 0.331 e. The number of para-hydroxylation sites is 1. The summed E-state index contributed by atoms with van der Waals surface area (Å²) in [5.41, 5.74) is 6.95. The molecule has 0 aliphatic rings. The highest BCUT2D eigenvalue weighted by molar-refractivity contribution is 8.00. The maximum Gasteiger partial charge on any atom is 0.248 e. The Hall–Kier alpha value is -1.84. The standard InChI is InChI=1S/C15H17N5OS3/c1-10-8-13(18-15(16-10)23-2)24-9-12(21)19-20-14(22)17-11-6-4-3-5-7-11/h3-8H,9H2,1-2H3,(H,19,21)(H2,17,20,22). The Labute approximate surface area is 154 Å². The van der Waals surface area contributed by atoms with Crippen LogP contribution in [0.3, 0.4) is 0 Å². The highest BCUT2D eigenvalue weighted by atomic mass is 32.2. The molecule has 24 heavy (non-hydrogen) atoms. The van der Waals surface area contributed by atoms with Gasteiger partial charge in [-0.3, -0.25) is 15.6 Å². The van der Waals surface area contributed by atoms with Crippen molar-refractivity contribution in [3.05, 3.63) is 42.1 Å². The number of amides is 1. The third-order valence-electron chi connectivity index (χ3n) is 2.69. The van der Waals surface area contributed by atoms with E-state index in [2.05, 4.69) is 26.1 Å². The van der Waals surface area contributed by atoms with E-state index in [4.69, 9.17) is 12.2 Å². The van der Waals surface area contributed by atoms with Gasteiger partial charge in [-0.05, 0) is 43.6 Å². The molecule has 1 amide bonds. The first-order valence-electron chi connectivity index (χ1n) is 7.00. The molecule has 0 bridgehead atoms. The van der Waals surface area contributed by atoms with Gasteiger partial charge in [0.1, 0.15) is 5.03 Å². The Kier molecular flexibility index (Phi) is 7.29. The molecule has 0 saturated carbocycles. The number of nitrogens with zero attached hydrogens (tertiary/aromatic N) is 2. The summed E-state index contributed by atoms with van der Waals surface area (Å²) in [5.74, 6) is 0.0322. The van der Waals surface area contributed by atoms with E-state index in [-0.39, 0.29) is 11.7 Å². The zero-order valence-electron chi connectivity index (χ0n) is 13.2. The molecule has 0 saturated heterocycles. The smallest absolute Gasteiger partial charge is 0.248 e. The average Bonchev–Trinajstić information content (AvgIpc) is 2.58. The molecule has 0 radical (unpaired) electrons. The maximum absolute atomic E-state index is 11.9. The third-order valence-corrected chi connectivity index (χ3v) is 4.35. The summed E-state index contributed by atoms with van der Waals surface area (Å²) in [5, 5.41) is 4.76. The number of hydrogen-bond acceptors (Lipinski definition) is 6. The predicted molar refractivity (Wildman–Crippen MR) is 103 cm³/mol. The predicted octanol–water partition coefficient (Wildman–Crippen LogP) is 2.62. The lowest BCUT2D eigenvalue weighted by atomic mass is 10.3. The second-order valence-electron chi connectivity index (χ2n) is 4.62. The highest BCUT2D eigenvalue weighted by Gasteiger charge is 2.07. The molecule has 0 unspecified atom stereocenters. The van der Waals surface area contributed by atoms with Crippen molar-refractivity contribution in [2.75, 3.05) is 17.3 Å². The van der Waals surface area contributed by atoms with E-state index in [1.165, 1.54) is 23.5 Å². The first-order chi connectivity index (χ1) is 11.6. The molecule has 0 fully saturated rings. The van der Waals surface area contributed by atoms with E-state index in [9.17, 15) is 4.79 Å². The normalized spacial score (nSPS) is 10.1. The molecule has 2 rings (SSSR count). The third kappa shape index (κ3) is 6.34. The number of benzene rings is 1. The van der Waals surface area contributed by atoms with E-state index in [1.54, 1.807) is 0 Å². The molecule has 1 aromatic carbocycles. The average molecular weight is 380 g/mol. The highest BCUT2D eigenvalue weighted by Crippen LogP contribution is 2.19. The van der Waals surface area contributed by atoms with Crippen LogP contribution in [0.15, 0.2) is 46.6 Å². The Morgan fingerprint density at radius 3 is 2.67 bits per heavy atom. The number of carbonyl (C=O) groups is 1. The number of nitrogens with one attached hydrogen (secondary N) is 3. The van der Waals surface area contributed by atoms with E-state index >= 15 is 0 Å². The first kappa shape index (κ1) is 18.5. The van der Waals surface area contributed by atoms with Crippen molar-refractivity contribution in [1.29, 1.82) is 0 Å². The van der Waals surface area contributed by atoms with Crippen molar-refractivity contribution >= 4 is 52.4 Å². The molecule has 0 atom stereocenters. The second-order valence-corrected chi connectivity index (χ2v) is 6.79. The molecule has 6 nitrogen and oxygen atoms in total. The number of aryl methyl sites for hydroxylation is 1. The summed E-state index contributed by atoms with van der Waals surface area (Å²) in [6, 6.07) is 11.3. The molecular formula is C15H17N5OS3. The minimum atomic E-state index is -0.195. The lowest BCUT2D eigenvalue weighted by Crippen LogP contribution is -2.44. The zero-order chi connectivity index (χ0) is 17.4. The number of aromatic nitrogens is 2. The van der Waals surface area contributed by atoms with Crippen LogP contribution < -0.4 is 16.2 Å². The zero-order valence-corrected chi connectivity index (χ0v) is 15.6. The Bertz CT molecular complexity index is 712. The summed E-state index contributed by atoms with van der Waals surface area (Å²) in [4.78, 5) is 20.5. The number of rotatable bonds is 5. The van der Waals surface area contributed by atoms with Gasteiger partial charge < -0.3 is 5.32 Å². The van der Waals surface area contributed by atoms with Gasteiger partial charge in [0, 0.05) is 11.4 Å². The van der Waals surface area contributed by atoms with Gasteiger partial charge in [-0.1, -0.05) is 41.7 Å². The van der Waals surface area contributed by atoms with Gasteiger partial charge in [-0.25, -0.2) is 9.97 Å². The SMILES string of the molecule is CSc1nc(C)cc(SCC(=O)NNC(=S)Nc2ccccc2)n1. The molecule has 0 spiro atoms. The van der Waals surface area contributed by atoms with Crippen molar-refractivity contribution in [3.63, 3.8) is 0 Å². The van der Waals surface area contributed by atoms with Crippen molar-refractivity contribution in [3.8, 4) is 0 Å². The van der Waals surface area contributed by atoms with Gasteiger partial charge in [0.2, 0.25) is 5.91 Å². The molecule has 0 aliphatic heterocycles. The summed E-state index contributed by atoms with van der Waals surface area (Å²) in [6.45, 7) is 1.90. The maximum atomic E-state index is 11.9. The summed E-state index contributed by atoms with van der Waals surface area (Å²) >= 11 is 7.94. The van der Waals surface area contributed by atoms with Crippen LogP contribution in [-0.4, -0.2) is 33.0 Å². The monoisotopic (exact) mass is 379 g/mol. The van der Waals surface area contributed by atoms with Crippen LogP contribution in [0.25, 0.3) is 0 Å². The van der Waals surface area contributed by atoms with E-state index in [1.807, 2.05) is 49.6 Å². The Morgan fingerprint density at radius 2 is 1.96 bits per heavy atom. The fourth-order valence-corrected chi connectivity index (χ4v) is 3.07.